The molecule has 0 unspecified atom stereocenters. The van der Waals surface area contributed by atoms with E-state index >= 15 is 0 Å². The Kier molecular flexibility index (Phi) is 6.64. The summed E-state index contributed by atoms with van der Waals surface area (Å²) in [7, 11) is 0. The second kappa shape index (κ2) is 8.49. The zero-order valence-electron chi connectivity index (χ0n) is 13.2. The van der Waals surface area contributed by atoms with Crippen LogP contribution < -0.4 is 10.2 Å². The summed E-state index contributed by atoms with van der Waals surface area (Å²) < 4.78 is 0. The number of hydrogen-bond donors (Lipinski definition) is 1. The van der Waals surface area contributed by atoms with E-state index in [4.69, 9.17) is 0 Å². The molecule has 21 heavy (non-hydrogen) atoms. The molecule has 0 saturated heterocycles. The molecule has 1 saturated carbocycles. The molecular weight excluding hydrogens is 282 g/mol. The van der Waals surface area contributed by atoms with Gasteiger partial charge in [0.25, 0.3) is 0 Å². The van der Waals surface area contributed by atoms with Gasteiger partial charge in [0.05, 0.1) is 5.69 Å². The van der Waals surface area contributed by atoms with Gasteiger partial charge in [-0.25, -0.2) is 4.98 Å². The first-order chi connectivity index (χ1) is 10.2. The number of nitrogens with zero attached hydrogens (tertiary/aromatic N) is 2. The van der Waals surface area contributed by atoms with E-state index in [9.17, 15) is 4.79 Å². The van der Waals surface area contributed by atoms with Crippen molar-refractivity contribution in [3.05, 3.63) is 11.1 Å². The SMILES string of the molecule is CCN(C(C)=O)c1nc(CNCCCC2CCCC2)cs1. The van der Waals surface area contributed by atoms with Crippen LogP contribution in [0, 0.1) is 5.92 Å². The Balaban J connectivity index is 1.66. The summed E-state index contributed by atoms with van der Waals surface area (Å²) in [5.41, 5.74) is 1.04. The first-order valence-corrected chi connectivity index (χ1v) is 9.02. The van der Waals surface area contributed by atoms with Gasteiger partial charge in [0.1, 0.15) is 0 Å². The molecule has 1 amide bonds. The number of carbonyl (C=O) groups excluding carboxylic acids is 1. The molecule has 1 aliphatic carbocycles. The summed E-state index contributed by atoms with van der Waals surface area (Å²) >= 11 is 1.55. The van der Waals surface area contributed by atoms with E-state index in [0.29, 0.717) is 6.54 Å². The van der Waals surface area contributed by atoms with Crippen molar-refractivity contribution in [1.82, 2.24) is 10.3 Å². The van der Waals surface area contributed by atoms with Crippen molar-refractivity contribution >= 4 is 22.4 Å². The van der Waals surface area contributed by atoms with E-state index in [0.717, 1.165) is 29.8 Å². The largest absolute Gasteiger partial charge is 0.311 e. The van der Waals surface area contributed by atoms with Gasteiger partial charge in [0.2, 0.25) is 5.91 Å². The number of aromatic nitrogens is 1. The molecule has 0 aliphatic heterocycles. The summed E-state index contributed by atoms with van der Waals surface area (Å²) in [5, 5.41) is 6.33. The molecule has 4 nitrogen and oxygen atoms in total. The number of carbonyl (C=O) groups is 1. The van der Waals surface area contributed by atoms with Crippen LogP contribution in [0.4, 0.5) is 5.13 Å². The maximum absolute atomic E-state index is 11.5. The zero-order chi connectivity index (χ0) is 15.1. The fourth-order valence-corrected chi connectivity index (χ4v) is 3.96. The topological polar surface area (TPSA) is 45.2 Å². The average molecular weight is 309 g/mol. The minimum atomic E-state index is 0.0583. The molecule has 1 aliphatic rings. The average Bonchev–Trinajstić information content (AvgIpc) is 3.11. The van der Waals surface area contributed by atoms with Crippen LogP contribution in [0.2, 0.25) is 0 Å². The van der Waals surface area contributed by atoms with Crippen LogP contribution in [0.3, 0.4) is 0 Å². The highest BCUT2D eigenvalue weighted by atomic mass is 32.1. The van der Waals surface area contributed by atoms with Crippen molar-refractivity contribution in [3.63, 3.8) is 0 Å². The fourth-order valence-electron chi connectivity index (χ4n) is 3.03. The lowest BCUT2D eigenvalue weighted by atomic mass is 10.0. The highest BCUT2D eigenvalue weighted by Gasteiger charge is 2.14. The second-order valence-corrected chi connectivity index (χ2v) is 6.69. The Morgan fingerprint density at radius 1 is 1.48 bits per heavy atom. The Hall–Kier alpha value is -0.940. The van der Waals surface area contributed by atoms with Crippen LogP contribution in [0.5, 0.6) is 0 Å². The Labute approximate surface area is 132 Å². The van der Waals surface area contributed by atoms with Gasteiger partial charge >= 0.3 is 0 Å². The molecular formula is C16H27N3OS. The van der Waals surface area contributed by atoms with Gasteiger partial charge in [0.15, 0.2) is 5.13 Å². The van der Waals surface area contributed by atoms with Gasteiger partial charge in [-0.15, -0.1) is 11.3 Å². The van der Waals surface area contributed by atoms with Crippen LogP contribution in [0.15, 0.2) is 5.38 Å². The van der Waals surface area contributed by atoms with Crippen LogP contribution in [0.1, 0.15) is 58.1 Å². The van der Waals surface area contributed by atoms with Crippen LogP contribution in [-0.4, -0.2) is 24.0 Å². The Bertz CT molecular complexity index is 440. The zero-order valence-corrected chi connectivity index (χ0v) is 14.0. The van der Waals surface area contributed by atoms with E-state index < -0.39 is 0 Å². The van der Waals surface area contributed by atoms with E-state index in [-0.39, 0.29) is 5.91 Å². The third-order valence-corrected chi connectivity index (χ3v) is 5.13. The standard InChI is InChI=1S/C16H27N3OS/c1-3-19(13(2)20)16-18-15(12-21-16)11-17-10-6-9-14-7-4-5-8-14/h12,14,17H,3-11H2,1-2H3. The molecule has 1 aromatic rings. The summed E-state index contributed by atoms with van der Waals surface area (Å²) in [6, 6.07) is 0. The lowest BCUT2D eigenvalue weighted by Gasteiger charge is -2.14. The number of anilines is 1. The summed E-state index contributed by atoms with van der Waals surface area (Å²) in [4.78, 5) is 17.7. The van der Waals surface area contributed by atoms with Crippen LogP contribution >= 0.6 is 11.3 Å². The maximum Gasteiger partial charge on any atom is 0.225 e. The minimum absolute atomic E-state index is 0.0583. The summed E-state index contributed by atoms with van der Waals surface area (Å²) in [5.74, 6) is 1.04. The molecule has 0 spiro atoms. The van der Waals surface area contributed by atoms with Crippen molar-refractivity contribution in [2.24, 2.45) is 5.92 Å². The number of hydrogen-bond acceptors (Lipinski definition) is 4. The molecule has 0 aromatic carbocycles. The number of thiazole rings is 1. The normalized spacial score (nSPS) is 15.5. The van der Waals surface area contributed by atoms with Gasteiger partial charge in [-0.05, 0) is 32.2 Å². The monoisotopic (exact) mass is 309 g/mol. The fraction of sp³-hybridized carbons (Fsp3) is 0.750. The molecule has 1 fully saturated rings. The number of nitrogens with one attached hydrogen (secondary N) is 1. The van der Waals surface area contributed by atoms with Crippen molar-refractivity contribution in [3.8, 4) is 0 Å². The van der Waals surface area contributed by atoms with E-state index in [1.54, 1.807) is 23.2 Å². The van der Waals surface area contributed by atoms with Gasteiger partial charge < -0.3 is 5.32 Å². The molecule has 1 aromatic heterocycles. The minimum Gasteiger partial charge on any atom is -0.311 e. The van der Waals surface area contributed by atoms with E-state index in [1.165, 1.54) is 38.5 Å². The first-order valence-electron chi connectivity index (χ1n) is 8.14. The van der Waals surface area contributed by atoms with Crippen LogP contribution in [-0.2, 0) is 11.3 Å². The third kappa shape index (κ3) is 5.08. The van der Waals surface area contributed by atoms with E-state index in [1.807, 2.05) is 12.3 Å². The number of amides is 1. The quantitative estimate of drug-likeness (QED) is 0.747. The van der Waals surface area contributed by atoms with Gasteiger partial charge in [0, 0.05) is 25.4 Å². The predicted molar refractivity (Wildman–Crippen MR) is 88.7 cm³/mol. The van der Waals surface area contributed by atoms with Crippen molar-refractivity contribution in [2.75, 3.05) is 18.0 Å². The molecule has 0 radical (unpaired) electrons. The van der Waals surface area contributed by atoms with E-state index in [2.05, 4.69) is 10.3 Å². The molecule has 1 heterocycles. The number of rotatable bonds is 8. The van der Waals surface area contributed by atoms with Crippen molar-refractivity contribution in [2.45, 2.75) is 58.9 Å². The lowest BCUT2D eigenvalue weighted by molar-refractivity contribution is -0.116. The van der Waals surface area contributed by atoms with Gasteiger partial charge in [-0.2, -0.15) is 0 Å². The second-order valence-electron chi connectivity index (χ2n) is 5.85. The van der Waals surface area contributed by atoms with Gasteiger partial charge in [-0.1, -0.05) is 25.7 Å². The Morgan fingerprint density at radius 3 is 2.90 bits per heavy atom. The smallest absolute Gasteiger partial charge is 0.225 e. The summed E-state index contributed by atoms with van der Waals surface area (Å²) in [6.07, 6.45) is 8.37. The molecule has 5 heteroatoms. The molecule has 118 valence electrons. The summed E-state index contributed by atoms with van der Waals surface area (Å²) in [6.45, 7) is 6.11. The molecule has 0 bridgehead atoms. The first kappa shape index (κ1) is 16.4. The molecule has 1 N–H and O–H groups in total. The Morgan fingerprint density at radius 2 is 2.24 bits per heavy atom. The van der Waals surface area contributed by atoms with Crippen LogP contribution in [0.25, 0.3) is 0 Å². The maximum atomic E-state index is 11.5. The third-order valence-electron chi connectivity index (χ3n) is 4.21. The van der Waals surface area contributed by atoms with Crippen molar-refractivity contribution < 1.29 is 4.79 Å². The highest BCUT2D eigenvalue weighted by Crippen LogP contribution is 2.28. The highest BCUT2D eigenvalue weighted by molar-refractivity contribution is 7.14. The predicted octanol–water partition coefficient (Wildman–Crippen LogP) is 3.58. The lowest BCUT2D eigenvalue weighted by Crippen LogP contribution is -2.27. The molecule has 0 atom stereocenters. The van der Waals surface area contributed by atoms with Crippen molar-refractivity contribution in [1.29, 1.82) is 0 Å². The molecule has 2 rings (SSSR count). The van der Waals surface area contributed by atoms with Gasteiger partial charge in [-0.3, -0.25) is 9.69 Å².